The highest BCUT2D eigenvalue weighted by molar-refractivity contribution is 6.03. The van der Waals surface area contributed by atoms with E-state index in [1.807, 2.05) is 18.2 Å². The van der Waals surface area contributed by atoms with Gasteiger partial charge < -0.3 is 4.90 Å². The zero-order chi connectivity index (χ0) is 12.4. The first-order valence-corrected chi connectivity index (χ1v) is 5.99. The lowest BCUT2D eigenvalue weighted by Gasteiger charge is -2.21. The highest BCUT2D eigenvalue weighted by Gasteiger charge is 2.24. The van der Waals surface area contributed by atoms with Gasteiger partial charge in [-0.05, 0) is 36.1 Å². The number of tetrazole rings is 1. The van der Waals surface area contributed by atoms with Crippen LogP contribution in [0.5, 0.6) is 0 Å². The molecule has 0 atom stereocenters. The Labute approximate surface area is 104 Å². The molecule has 6 nitrogen and oxygen atoms in total. The fraction of sp³-hybridized carbons (Fsp3) is 0.333. The van der Waals surface area contributed by atoms with Crippen molar-refractivity contribution in [3.63, 3.8) is 0 Å². The number of hydrogen-bond acceptors (Lipinski definition) is 4. The molecule has 0 saturated carbocycles. The highest BCUT2D eigenvalue weighted by atomic mass is 16.2. The first-order valence-electron chi connectivity index (χ1n) is 5.99. The number of carbonyl (C=O) groups excluding carboxylic acids is 1. The molecule has 1 aromatic heterocycles. The normalized spacial score (nSPS) is 15.0. The van der Waals surface area contributed by atoms with Gasteiger partial charge in [-0.25, -0.2) is 0 Å². The molecule has 1 amide bonds. The molecule has 1 aliphatic heterocycles. The van der Waals surface area contributed by atoms with Crippen LogP contribution in [0.3, 0.4) is 0 Å². The van der Waals surface area contributed by atoms with Gasteiger partial charge in [0.1, 0.15) is 0 Å². The van der Waals surface area contributed by atoms with E-state index in [9.17, 15) is 4.79 Å². The van der Waals surface area contributed by atoms with Crippen molar-refractivity contribution < 1.29 is 4.79 Å². The van der Waals surface area contributed by atoms with Crippen molar-refractivity contribution in [2.24, 2.45) is 0 Å². The van der Waals surface area contributed by atoms with E-state index in [0.717, 1.165) is 24.9 Å². The third kappa shape index (κ3) is 1.85. The summed E-state index contributed by atoms with van der Waals surface area (Å²) in [6, 6.07) is 7.98. The van der Waals surface area contributed by atoms with Crippen molar-refractivity contribution in [2.75, 3.05) is 11.4 Å². The number of H-pyrrole nitrogens is 1. The number of para-hydroxylation sites is 1. The number of anilines is 1. The monoisotopic (exact) mass is 243 g/mol. The molecule has 1 aromatic carbocycles. The van der Waals surface area contributed by atoms with Gasteiger partial charge in [-0.2, -0.15) is 5.21 Å². The number of benzene rings is 1. The molecule has 18 heavy (non-hydrogen) atoms. The number of nitrogens with one attached hydrogen (secondary N) is 1. The summed E-state index contributed by atoms with van der Waals surface area (Å²) in [4.78, 5) is 14.1. The Balaban J connectivity index is 1.99. The topological polar surface area (TPSA) is 74.8 Å². The summed E-state index contributed by atoms with van der Waals surface area (Å²) in [5.74, 6) is -0.0789. The van der Waals surface area contributed by atoms with E-state index >= 15 is 0 Å². The third-order valence-corrected chi connectivity index (χ3v) is 3.14. The zero-order valence-electron chi connectivity index (χ0n) is 9.83. The lowest BCUT2D eigenvalue weighted by molar-refractivity contribution is 0.0977. The summed E-state index contributed by atoms with van der Waals surface area (Å²) in [7, 11) is 0. The molecule has 0 unspecified atom stereocenters. The molecule has 3 rings (SSSR count). The number of aromatic amines is 1. The number of nitrogens with zero attached hydrogens (tertiary/aromatic N) is 4. The first-order chi connectivity index (χ1) is 8.86. The van der Waals surface area contributed by atoms with Gasteiger partial charge in [-0.3, -0.25) is 4.79 Å². The largest absolute Gasteiger partial charge is 0.305 e. The number of amides is 1. The molecule has 0 fully saturated rings. The van der Waals surface area contributed by atoms with Crippen molar-refractivity contribution >= 4 is 11.6 Å². The Kier molecular flexibility index (Phi) is 2.76. The van der Waals surface area contributed by atoms with E-state index in [1.165, 1.54) is 5.56 Å². The summed E-state index contributed by atoms with van der Waals surface area (Å²) in [6.45, 7) is 0.699. The molecule has 2 aromatic rings. The van der Waals surface area contributed by atoms with Crippen LogP contribution in [0.15, 0.2) is 24.3 Å². The van der Waals surface area contributed by atoms with Crippen LogP contribution in [0.2, 0.25) is 0 Å². The van der Waals surface area contributed by atoms with Gasteiger partial charge >= 0.3 is 0 Å². The second-order valence-electron chi connectivity index (χ2n) is 4.28. The first kappa shape index (κ1) is 10.9. The molecule has 2 heterocycles. The predicted octanol–water partition coefficient (Wildman–Crippen LogP) is 1.18. The van der Waals surface area contributed by atoms with Crippen molar-refractivity contribution in [3.8, 4) is 0 Å². The predicted molar refractivity (Wildman–Crippen MR) is 65.2 cm³/mol. The SMILES string of the molecule is O=C(c1nn[nH]n1)N1CCCCc2ccccc21. The Bertz CT molecular complexity index is 551. The lowest BCUT2D eigenvalue weighted by Crippen LogP contribution is -2.32. The standard InChI is InChI=1S/C12H13N5O/c18-12(11-13-15-16-14-11)17-8-4-3-6-9-5-1-2-7-10(9)17/h1-2,5,7H,3-4,6,8H2,(H,13,14,15,16). The van der Waals surface area contributed by atoms with Crippen LogP contribution in [-0.2, 0) is 6.42 Å². The number of aromatic nitrogens is 4. The van der Waals surface area contributed by atoms with Crippen LogP contribution >= 0.6 is 0 Å². The fourth-order valence-corrected chi connectivity index (χ4v) is 2.28. The second kappa shape index (κ2) is 4.56. The summed E-state index contributed by atoms with van der Waals surface area (Å²) in [5.41, 5.74) is 2.16. The fourth-order valence-electron chi connectivity index (χ4n) is 2.28. The van der Waals surface area contributed by atoms with Gasteiger partial charge in [0, 0.05) is 12.2 Å². The number of aryl methyl sites for hydroxylation is 1. The van der Waals surface area contributed by atoms with Gasteiger partial charge in [-0.15, -0.1) is 10.2 Å². The Morgan fingerprint density at radius 1 is 1.28 bits per heavy atom. The van der Waals surface area contributed by atoms with E-state index in [1.54, 1.807) is 4.90 Å². The average Bonchev–Trinajstić information content (AvgIpc) is 2.85. The summed E-state index contributed by atoms with van der Waals surface area (Å²) in [6.07, 6.45) is 3.08. The van der Waals surface area contributed by atoms with Crippen LogP contribution < -0.4 is 4.90 Å². The quantitative estimate of drug-likeness (QED) is 0.816. The van der Waals surface area contributed by atoms with Crippen LogP contribution in [0.4, 0.5) is 5.69 Å². The maximum absolute atomic E-state index is 12.3. The molecule has 0 saturated heterocycles. The van der Waals surface area contributed by atoms with E-state index in [2.05, 4.69) is 26.7 Å². The maximum atomic E-state index is 12.3. The van der Waals surface area contributed by atoms with Crippen molar-refractivity contribution in [1.29, 1.82) is 0 Å². The van der Waals surface area contributed by atoms with E-state index < -0.39 is 0 Å². The second-order valence-corrected chi connectivity index (χ2v) is 4.28. The maximum Gasteiger partial charge on any atom is 0.299 e. The summed E-state index contributed by atoms with van der Waals surface area (Å²) < 4.78 is 0. The Hall–Kier alpha value is -2.24. The minimum Gasteiger partial charge on any atom is -0.305 e. The summed E-state index contributed by atoms with van der Waals surface area (Å²) >= 11 is 0. The van der Waals surface area contributed by atoms with E-state index in [-0.39, 0.29) is 11.7 Å². The van der Waals surface area contributed by atoms with Crippen LogP contribution in [-0.4, -0.2) is 33.1 Å². The smallest absolute Gasteiger partial charge is 0.299 e. The number of fused-ring (bicyclic) bond motifs is 1. The van der Waals surface area contributed by atoms with Gasteiger partial charge in [0.05, 0.1) is 0 Å². The molecule has 1 aliphatic rings. The molecule has 0 spiro atoms. The van der Waals surface area contributed by atoms with Crippen molar-refractivity contribution in [1.82, 2.24) is 20.6 Å². The van der Waals surface area contributed by atoms with Gasteiger partial charge in [0.15, 0.2) is 0 Å². The van der Waals surface area contributed by atoms with Crippen molar-refractivity contribution in [3.05, 3.63) is 35.7 Å². The molecule has 0 aliphatic carbocycles. The molecular weight excluding hydrogens is 230 g/mol. The average molecular weight is 243 g/mol. The van der Waals surface area contributed by atoms with Gasteiger partial charge in [-0.1, -0.05) is 18.2 Å². The van der Waals surface area contributed by atoms with E-state index in [4.69, 9.17) is 0 Å². The lowest BCUT2D eigenvalue weighted by atomic mass is 10.1. The minimum atomic E-state index is -0.196. The highest BCUT2D eigenvalue weighted by Crippen LogP contribution is 2.26. The molecule has 92 valence electrons. The van der Waals surface area contributed by atoms with Crippen molar-refractivity contribution in [2.45, 2.75) is 19.3 Å². The van der Waals surface area contributed by atoms with Crippen LogP contribution in [0.1, 0.15) is 29.0 Å². The number of rotatable bonds is 1. The van der Waals surface area contributed by atoms with Crippen LogP contribution in [0.25, 0.3) is 0 Å². The number of hydrogen-bond donors (Lipinski definition) is 1. The molecule has 1 N–H and O–H groups in total. The van der Waals surface area contributed by atoms with Gasteiger partial charge in [0.2, 0.25) is 0 Å². The molecule has 0 bridgehead atoms. The summed E-state index contributed by atoms with van der Waals surface area (Å²) in [5, 5.41) is 13.3. The minimum absolute atomic E-state index is 0.117. The Morgan fingerprint density at radius 3 is 3.00 bits per heavy atom. The Morgan fingerprint density at radius 2 is 2.17 bits per heavy atom. The zero-order valence-corrected chi connectivity index (χ0v) is 9.83. The number of carbonyl (C=O) groups is 1. The molecule has 0 radical (unpaired) electrons. The third-order valence-electron chi connectivity index (χ3n) is 3.14. The van der Waals surface area contributed by atoms with Gasteiger partial charge in [0.25, 0.3) is 11.7 Å². The van der Waals surface area contributed by atoms with Crippen LogP contribution in [0, 0.1) is 0 Å². The molecular formula is C12H13N5O. The van der Waals surface area contributed by atoms with E-state index in [0.29, 0.717) is 6.54 Å². The molecule has 6 heteroatoms.